The highest BCUT2D eigenvalue weighted by atomic mass is 19.4. The predicted molar refractivity (Wildman–Crippen MR) is 44.1 cm³/mol. The average Bonchev–Trinajstić information content (AvgIpc) is 2.15. The van der Waals surface area contributed by atoms with Crippen LogP contribution in [0.4, 0.5) is 13.2 Å². The van der Waals surface area contributed by atoms with Gasteiger partial charge in [0.1, 0.15) is 0 Å². The molecule has 4 heteroatoms. The summed E-state index contributed by atoms with van der Waals surface area (Å²) in [5.41, 5.74) is -0.936. The van der Waals surface area contributed by atoms with Crippen LogP contribution in [0.25, 0.3) is 0 Å². The van der Waals surface area contributed by atoms with Crippen LogP contribution in [-0.4, -0.2) is 0 Å². The van der Waals surface area contributed by atoms with E-state index in [1.54, 1.807) is 6.07 Å². The first kappa shape index (κ1) is 10.1. The molecule has 0 aliphatic carbocycles. The van der Waals surface area contributed by atoms with Crippen molar-refractivity contribution in [2.75, 3.05) is 0 Å². The van der Waals surface area contributed by atoms with Crippen LogP contribution in [0, 0.1) is 23.7 Å². The fraction of sp³-hybridized carbons (Fsp3) is 0.100. The third kappa shape index (κ3) is 2.05. The van der Waals surface area contributed by atoms with Crippen LogP contribution in [0.2, 0.25) is 0 Å². The Hall–Kier alpha value is -1.94. The maximum Gasteiger partial charge on any atom is 0.416 e. The zero-order valence-corrected chi connectivity index (χ0v) is 6.89. The van der Waals surface area contributed by atoms with Gasteiger partial charge in [-0.3, -0.25) is 0 Å². The summed E-state index contributed by atoms with van der Waals surface area (Å²) in [6.07, 6.45) is 0.485. The van der Waals surface area contributed by atoms with Crippen molar-refractivity contribution in [3.63, 3.8) is 0 Å². The zero-order chi connectivity index (χ0) is 10.8. The van der Waals surface area contributed by atoms with Gasteiger partial charge in [0.25, 0.3) is 0 Å². The molecule has 0 N–H and O–H groups in total. The van der Waals surface area contributed by atoms with Crippen molar-refractivity contribution in [1.82, 2.24) is 0 Å². The lowest BCUT2D eigenvalue weighted by Gasteiger charge is -2.06. The van der Waals surface area contributed by atoms with Crippen LogP contribution >= 0.6 is 0 Å². The highest BCUT2D eigenvalue weighted by molar-refractivity contribution is 5.44. The van der Waals surface area contributed by atoms with Gasteiger partial charge in [0, 0.05) is 5.56 Å². The molecular weight excluding hydrogens is 191 g/mol. The van der Waals surface area contributed by atoms with Gasteiger partial charge >= 0.3 is 6.18 Å². The minimum absolute atomic E-state index is 0.0522. The van der Waals surface area contributed by atoms with Crippen LogP contribution in [0.3, 0.4) is 0 Å². The van der Waals surface area contributed by atoms with Crippen LogP contribution in [-0.2, 0) is 6.18 Å². The van der Waals surface area contributed by atoms with E-state index in [9.17, 15) is 13.2 Å². The second-order valence-corrected chi connectivity index (χ2v) is 2.55. The highest BCUT2D eigenvalue weighted by Gasteiger charge is 2.31. The summed E-state index contributed by atoms with van der Waals surface area (Å²) < 4.78 is 36.7. The molecule has 0 heterocycles. The van der Waals surface area contributed by atoms with Crippen molar-refractivity contribution in [3.8, 4) is 18.4 Å². The molecule has 0 bridgehead atoms. The Kier molecular flexibility index (Phi) is 2.49. The molecule has 0 saturated carbocycles. The number of halogens is 3. The molecular formula is C10H4F3N. The lowest BCUT2D eigenvalue weighted by molar-refractivity contribution is -0.137. The molecule has 1 aromatic carbocycles. The van der Waals surface area contributed by atoms with Crippen LogP contribution in [0.1, 0.15) is 16.7 Å². The molecule has 1 nitrogen and oxygen atoms in total. The minimum Gasteiger partial charge on any atom is -0.192 e. The van der Waals surface area contributed by atoms with E-state index in [-0.39, 0.29) is 11.1 Å². The van der Waals surface area contributed by atoms with Gasteiger partial charge < -0.3 is 0 Å². The third-order valence-electron chi connectivity index (χ3n) is 1.56. The van der Waals surface area contributed by atoms with Gasteiger partial charge in [-0.2, -0.15) is 18.4 Å². The molecule has 0 aromatic heterocycles. The van der Waals surface area contributed by atoms with E-state index < -0.39 is 11.7 Å². The Balaban J connectivity index is 3.36. The molecule has 0 saturated heterocycles. The van der Waals surface area contributed by atoms with Crippen LogP contribution < -0.4 is 0 Å². The summed E-state index contributed by atoms with van der Waals surface area (Å²) in [5.74, 6) is 2.06. The number of hydrogen-bond donors (Lipinski definition) is 0. The molecule has 0 radical (unpaired) electrons. The Morgan fingerprint density at radius 1 is 1.14 bits per heavy atom. The molecule has 0 aliphatic heterocycles. The Morgan fingerprint density at radius 3 is 2.14 bits per heavy atom. The van der Waals surface area contributed by atoms with Crippen molar-refractivity contribution < 1.29 is 13.2 Å². The SMILES string of the molecule is C#Cc1cc(C#N)cc(C(F)(F)F)c1. The van der Waals surface area contributed by atoms with Gasteiger partial charge in [-0.15, -0.1) is 6.42 Å². The van der Waals surface area contributed by atoms with Gasteiger partial charge in [-0.05, 0) is 18.2 Å². The predicted octanol–water partition coefficient (Wildman–Crippen LogP) is 2.56. The summed E-state index contributed by atoms with van der Waals surface area (Å²) in [6.45, 7) is 0. The first-order chi connectivity index (χ1) is 6.47. The fourth-order valence-corrected chi connectivity index (χ4v) is 0.939. The Labute approximate surface area is 78.8 Å². The molecule has 0 atom stereocenters. The average molecular weight is 195 g/mol. The molecule has 70 valence electrons. The summed E-state index contributed by atoms with van der Waals surface area (Å²) in [7, 11) is 0. The number of benzene rings is 1. The summed E-state index contributed by atoms with van der Waals surface area (Å²) in [6, 6.07) is 4.45. The van der Waals surface area contributed by atoms with E-state index in [2.05, 4.69) is 5.92 Å². The Morgan fingerprint density at radius 2 is 1.71 bits per heavy atom. The monoisotopic (exact) mass is 195 g/mol. The van der Waals surface area contributed by atoms with Gasteiger partial charge in [0.15, 0.2) is 0 Å². The number of alkyl halides is 3. The Bertz CT molecular complexity index is 400. The summed E-state index contributed by atoms with van der Waals surface area (Å²) in [4.78, 5) is 0. The number of terminal acetylenes is 1. The van der Waals surface area contributed by atoms with Crippen LogP contribution in [0.5, 0.6) is 0 Å². The maximum atomic E-state index is 12.2. The lowest BCUT2D eigenvalue weighted by atomic mass is 10.1. The molecule has 0 spiro atoms. The summed E-state index contributed by atoms with van der Waals surface area (Å²) >= 11 is 0. The number of rotatable bonds is 0. The molecule has 0 fully saturated rings. The van der Waals surface area contributed by atoms with E-state index in [1.807, 2.05) is 0 Å². The van der Waals surface area contributed by atoms with E-state index in [0.29, 0.717) is 0 Å². The molecule has 1 rings (SSSR count). The zero-order valence-electron chi connectivity index (χ0n) is 6.89. The highest BCUT2D eigenvalue weighted by Crippen LogP contribution is 2.30. The molecule has 0 aliphatic rings. The smallest absolute Gasteiger partial charge is 0.192 e. The lowest BCUT2D eigenvalue weighted by Crippen LogP contribution is -2.05. The van der Waals surface area contributed by atoms with E-state index in [0.717, 1.165) is 12.1 Å². The van der Waals surface area contributed by atoms with Crippen molar-refractivity contribution in [2.45, 2.75) is 6.18 Å². The fourth-order valence-electron chi connectivity index (χ4n) is 0.939. The second-order valence-electron chi connectivity index (χ2n) is 2.55. The quantitative estimate of drug-likeness (QED) is 0.583. The molecule has 0 amide bonds. The second kappa shape index (κ2) is 3.43. The first-order valence-corrected chi connectivity index (χ1v) is 3.56. The normalized spacial score (nSPS) is 10.4. The molecule has 0 unspecified atom stereocenters. The standard InChI is InChI=1S/C10H4F3N/c1-2-7-3-8(6-14)5-9(4-7)10(11,12)13/h1,3-5H. The third-order valence-corrected chi connectivity index (χ3v) is 1.56. The topological polar surface area (TPSA) is 23.8 Å². The minimum atomic E-state index is -4.47. The van der Waals surface area contributed by atoms with E-state index in [4.69, 9.17) is 11.7 Å². The van der Waals surface area contributed by atoms with Crippen molar-refractivity contribution in [1.29, 1.82) is 5.26 Å². The number of nitriles is 1. The van der Waals surface area contributed by atoms with Gasteiger partial charge in [0.2, 0.25) is 0 Å². The number of nitrogens with zero attached hydrogens (tertiary/aromatic N) is 1. The van der Waals surface area contributed by atoms with Crippen molar-refractivity contribution >= 4 is 0 Å². The largest absolute Gasteiger partial charge is 0.416 e. The van der Waals surface area contributed by atoms with Gasteiger partial charge in [0.05, 0.1) is 17.2 Å². The van der Waals surface area contributed by atoms with Gasteiger partial charge in [-0.25, -0.2) is 0 Å². The van der Waals surface area contributed by atoms with Crippen molar-refractivity contribution in [2.24, 2.45) is 0 Å². The molecule has 1 aromatic rings. The maximum absolute atomic E-state index is 12.2. The van der Waals surface area contributed by atoms with Crippen molar-refractivity contribution in [3.05, 3.63) is 34.9 Å². The van der Waals surface area contributed by atoms with E-state index in [1.165, 1.54) is 6.07 Å². The molecule has 14 heavy (non-hydrogen) atoms. The first-order valence-electron chi connectivity index (χ1n) is 3.56. The van der Waals surface area contributed by atoms with E-state index >= 15 is 0 Å². The summed E-state index contributed by atoms with van der Waals surface area (Å²) in [5, 5.41) is 8.46. The van der Waals surface area contributed by atoms with Gasteiger partial charge in [-0.1, -0.05) is 5.92 Å². The van der Waals surface area contributed by atoms with Crippen LogP contribution in [0.15, 0.2) is 18.2 Å². The number of hydrogen-bond acceptors (Lipinski definition) is 1.